The standard InChI is InChI=1S/C9H14O6/c1-4-5-14-6(8(10)12-2)7(15-5)9(11)13-3/h5-7H,4H2,1-3H3. The largest absolute Gasteiger partial charge is 0.467 e. The van der Waals surface area contributed by atoms with E-state index in [-0.39, 0.29) is 0 Å². The molecule has 0 aromatic carbocycles. The summed E-state index contributed by atoms with van der Waals surface area (Å²) in [6, 6.07) is 0. The Morgan fingerprint density at radius 3 is 1.73 bits per heavy atom. The Kier molecular flexibility index (Phi) is 4.05. The van der Waals surface area contributed by atoms with Gasteiger partial charge >= 0.3 is 11.9 Å². The molecule has 0 N–H and O–H groups in total. The quantitative estimate of drug-likeness (QED) is 0.613. The Morgan fingerprint density at radius 2 is 1.47 bits per heavy atom. The Morgan fingerprint density at radius 1 is 1.07 bits per heavy atom. The van der Waals surface area contributed by atoms with Gasteiger partial charge in [-0.3, -0.25) is 0 Å². The summed E-state index contributed by atoms with van der Waals surface area (Å²) in [6.07, 6.45) is -2.10. The highest BCUT2D eigenvalue weighted by Crippen LogP contribution is 2.23. The maximum atomic E-state index is 11.3. The lowest BCUT2D eigenvalue weighted by Crippen LogP contribution is -2.38. The minimum absolute atomic E-state index is 0.543. The molecule has 1 aliphatic heterocycles. The highest BCUT2D eigenvalue weighted by atomic mass is 16.8. The summed E-state index contributed by atoms with van der Waals surface area (Å²) in [4.78, 5) is 22.5. The molecule has 0 aromatic heterocycles. The fourth-order valence-electron chi connectivity index (χ4n) is 1.28. The van der Waals surface area contributed by atoms with Crippen LogP contribution in [0.3, 0.4) is 0 Å². The lowest BCUT2D eigenvalue weighted by atomic mass is 10.2. The molecule has 2 unspecified atom stereocenters. The van der Waals surface area contributed by atoms with Gasteiger partial charge in [-0.05, 0) is 6.42 Å². The Bertz CT molecular complexity index is 227. The van der Waals surface area contributed by atoms with Crippen molar-refractivity contribution in [3.63, 3.8) is 0 Å². The molecule has 6 heteroatoms. The molecule has 86 valence electrons. The summed E-state index contributed by atoms with van der Waals surface area (Å²) >= 11 is 0. The van der Waals surface area contributed by atoms with Crippen molar-refractivity contribution in [2.45, 2.75) is 31.8 Å². The first kappa shape index (κ1) is 11.9. The molecule has 2 atom stereocenters. The molecule has 0 aromatic rings. The summed E-state index contributed by atoms with van der Waals surface area (Å²) in [7, 11) is 2.44. The molecular weight excluding hydrogens is 204 g/mol. The number of ether oxygens (including phenoxy) is 4. The van der Waals surface area contributed by atoms with Gasteiger partial charge in [0, 0.05) is 0 Å². The Labute approximate surface area is 87.4 Å². The van der Waals surface area contributed by atoms with Crippen molar-refractivity contribution in [3.05, 3.63) is 0 Å². The SMILES string of the molecule is CCC1OC(C(=O)OC)C(C(=O)OC)O1. The molecule has 1 rings (SSSR count). The molecule has 0 aliphatic carbocycles. The van der Waals surface area contributed by atoms with Gasteiger partial charge in [0.2, 0.25) is 0 Å². The zero-order valence-corrected chi connectivity index (χ0v) is 8.89. The topological polar surface area (TPSA) is 71.1 Å². The average molecular weight is 218 g/mol. The number of hydrogen-bond donors (Lipinski definition) is 0. The first-order valence-electron chi connectivity index (χ1n) is 4.60. The van der Waals surface area contributed by atoms with E-state index in [0.717, 1.165) is 0 Å². The monoisotopic (exact) mass is 218 g/mol. The minimum atomic E-state index is -1.03. The maximum Gasteiger partial charge on any atom is 0.338 e. The molecule has 0 amide bonds. The van der Waals surface area contributed by atoms with Crippen LogP contribution in [0.15, 0.2) is 0 Å². The average Bonchev–Trinajstić information content (AvgIpc) is 2.70. The van der Waals surface area contributed by atoms with Crippen molar-refractivity contribution < 1.29 is 28.5 Å². The molecule has 1 saturated heterocycles. The molecule has 0 spiro atoms. The van der Waals surface area contributed by atoms with Gasteiger partial charge in [0.15, 0.2) is 18.5 Å². The van der Waals surface area contributed by atoms with E-state index in [9.17, 15) is 9.59 Å². The predicted octanol–water partition coefficient (Wildman–Crippen LogP) is -0.148. The fourth-order valence-corrected chi connectivity index (χ4v) is 1.28. The van der Waals surface area contributed by atoms with E-state index in [1.54, 1.807) is 0 Å². The van der Waals surface area contributed by atoms with Crippen molar-refractivity contribution >= 4 is 11.9 Å². The highest BCUT2D eigenvalue weighted by molar-refractivity contribution is 5.86. The summed E-state index contributed by atoms with van der Waals surface area (Å²) in [6.45, 7) is 1.82. The zero-order valence-electron chi connectivity index (χ0n) is 8.89. The van der Waals surface area contributed by atoms with Gasteiger partial charge < -0.3 is 18.9 Å². The van der Waals surface area contributed by atoms with E-state index in [2.05, 4.69) is 9.47 Å². The van der Waals surface area contributed by atoms with Crippen LogP contribution in [0, 0.1) is 0 Å². The number of esters is 2. The van der Waals surface area contributed by atoms with E-state index in [4.69, 9.17) is 9.47 Å². The van der Waals surface area contributed by atoms with Crippen molar-refractivity contribution in [1.29, 1.82) is 0 Å². The second kappa shape index (κ2) is 5.09. The van der Waals surface area contributed by atoms with Crippen LogP contribution in [-0.2, 0) is 28.5 Å². The first-order valence-corrected chi connectivity index (χ1v) is 4.60. The van der Waals surface area contributed by atoms with Gasteiger partial charge in [-0.25, -0.2) is 9.59 Å². The van der Waals surface area contributed by atoms with Gasteiger partial charge in [0.05, 0.1) is 14.2 Å². The smallest absolute Gasteiger partial charge is 0.338 e. The third-order valence-electron chi connectivity index (χ3n) is 2.07. The van der Waals surface area contributed by atoms with Crippen molar-refractivity contribution in [1.82, 2.24) is 0 Å². The predicted molar refractivity (Wildman–Crippen MR) is 47.9 cm³/mol. The first-order chi connectivity index (χ1) is 7.13. The van der Waals surface area contributed by atoms with Gasteiger partial charge in [-0.15, -0.1) is 0 Å². The van der Waals surface area contributed by atoms with Crippen LogP contribution in [0.25, 0.3) is 0 Å². The van der Waals surface area contributed by atoms with Gasteiger partial charge in [0.25, 0.3) is 0 Å². The minimum Gasteiger partial charge on any atom is -0.467 e. The molecule has 6 nitrogen and oxygen atoms in total. The molecule has 0 radical (unpaired) electrons. The van der Waals surface area contributed by atoms with E-state index in [0.29, 0.717) is 6.42 Å². The molecule has 1 heterocycles. The third-order valence-corrected chi connectivity index (χ3v) is 2.07. The lowest BCUT2D eigenvalue weighted by molar-refractivity contribution is -0.160. The van der Waals surface area contributed by atoms with E-state index >= 15 is 0 Å². The lowest BCUT2D eigenvalue weighted by Gasteiger charge is -2.11. The van der Waals surface area contributed by atoms with Crippen LogP contribution in [0.1, 0.15) is 13.3 Å². The van der Waals surface area contributed by atoms with Crippen LogP contribution in [-0.4, -0.2) is 44.7 Å². The normalized spacial score (nSPS) is 29.9. The van der Waals surface area contributed by atoms with Gasteiger partial charge in [-0.2, -0.15) is 0 Å². The number of rotatable bonds is 3. The van der Waals surface area contributed by atoms with Crippen molar-refractivity contribution in [2.24, 2.45) is 0 Å². The number of carbonyl (C=O) groups is 2. The van der Waals surface area contributed by atoms with Crippen LogP contribution >= 0.6 is 0 Å². The van der Waals surface area contributed by atoms with E-state index < -0.39 is 30.4 Å². The van der Waals surface area contributed by atoms with E-state index in [1.807, 2.05) is 6.92 Å². The van der Waals surface area contributed by atoms with Crippen LogP contribution < -0.4 is 0 Å². The zero-order chi connectivity index (χ0) is 11.4. The second-order valence-electron chi connectivity index (χ2n) is 3.00. The summed E-state index contributed by atoms with van der Waals surface area (Å²) < 4.78 is 19.4. The summed E-state index contributed by atoms with van der Waals surface area (Å²) in [5, 5.41) is 0. The molecule has 1 fully saturated rings. The molecule has 0 bridgehead atoms. The van der Waals surface area contributed by atoms with Gasteiger partial charge in [0.1, 0.15) is 0 Å². The van der Waals surface area contributed by atoms with Crippen molar-refractivity contribution in [3.8, 4) is 0 Å². The van der Waals surface area contributed by atoms with Crippen molar-refractivity contribution in [2.75, 3.05) is 14.2 Å². The van der Waals surface area contributed by atoms with E-state index in [1.165, 1.54) is 14.2 Å². The third kappa shape index (κ3) is 2.45. The Balaban J connectivity index is 2.73. The number of methoxy groups -OCH3 is 2. The molecule has 0 saturated carbocycles. The highest BCUT2D eigenvalue weighted by Gasteiger charge is 2.46. The summed E-state index contributed by atoms with van der Waals surface area (Å²) in [5.74, 6) is -1.28. The van der Waals surface area contributed by atoms with Gasteiger partial charge in [-0.1, -0.05) is 6.92 Å². The number of carbonyl (C=O) groups excluding carboxylic acids is 2. The maximum absolute atomic E-state index is 11.3. The Hall–Kier alpha value is -1.14. The summed E-state index contributed by atoms with van der Waals surface area (Å²) in [5.41, 5.74) is 0. The molecule has 15 heavy (non-hydrogen) atoms. The van der Waals surface area contributed by atoms with Crippen LogP contribution in [0.4, 0.5) is 0 Å². The molecule has 1 aliphatic rings. The van der Waals surface area contributed by atoms with Crippen LogP contribution in [0.5, 0.6) is 0 Å². The number of hydrogen-bond acceptors (Lipinski definition) is 6. The second-order valence-corrected chi connectivity index (χ2v) is 3.00. The van der Waals surface area contributed by atoms with Crippen LogP contribution in [0.2, 0.25) is 0 Å². The fraction of sp³-hybridized carbons (Fsp3) is 0.778. The molecular formula is C9H14O6.